The lowest BCUT2D eigenvalue weighted by atomic mass is 9.94. The summed E-state index contributed by atoms with van der Waals surface area (Å²) in [6.45, 7) is 11.9. The molecule has 0 aromatic carbocycles. The van der Waals surface area contributed by atoms with E-state index in [9.17, 15) is 0 Å². The molecule has 0 bridgehead atoms. The predicted molar refractivity (Wildman–Crippen MR) is 65.9 cm³/mol. The van der Waals surface area contributed by atoms with E-state index in [1.54, 1.807) is 0 Å². The molecule has 0 aliphatic heterocycles. The van der Waals surface area contributed by atoms with Gasteiger partial charge >= 0.3 is 0 Å². The van der Waals surface area contributed by atoms with Crippen LogP contribution in [0.1, 0.15) is 47.5 Å². The van der Waals surface area contributed by atoms with Crippen molar-refractivity contribution >= 4 is 0 Å². The van der Waals surface area contributed by atoms with Gasteiger partial charge in [0.25, 0.3) is 0 Å². The van der Waals surface area contributed by atoms with Crippen molar-refractivity contribution in [3.05, 3.63) is 0 Å². The summed E-state index contributed by atoms with van der Waals surface area (Å²) in [7, 11) is 0. The van der Waals surface area contributed by atoms with Crippen molar-refractivity contribution in [2.75, 3.05) is 13.2 Å². The van der Waals surface area contributed by atoms with Gasteiger partial charge in [0.15, 0.2) is 0 Å². The molecule has 0 spiro atoms. The SMILES string of the molecule is CCCN(C(C)C)C(C)CC(C)(N)CO. The van der Waals surface area contributed by atoms with Gasteiger partial charge in [-0.15, -0.1) is 0 Å². The van der Waals surface area contributed by atoms with Crippen LogP contribution in [0.5, 0.6) is 0 Å². The van der Waals surface area contributed by atoms with E-state index in [4.69, 9.17) is 10.8 Å². The first-order valence-corrected chi connectivity index (χ1v) is 5.99. The molecule has 0 amide bonds. The Hall–Kier alpha value is -0.120. The molecule has 0 radical (unpaired) electrons. The number of nitrogens with two attached hydrogens (primary N) is 1. The minimum Gasteiger partial charge on any atom is -0.394 e. The molecule has 0 aliphatic carbocycles. The largest absolute Gasteiger partial charge is 0.394 e. The normalized spacial score (nSPS) is 18.2. The Balaban J connectivity index is 4.31. The van der Waals surface area contributed by atoms with Crippen molar-refractivity contribution in [3.8, 4) is 0 Å². The first kappa shape index (κ1) is 14.9. The topological polar surface area (TPSA) is 49.5 Å². The van der Waals surface area contributed by atoms with Crippen molar-refractivity contribution in [1.82, 2.24) is 4.90 Å². The first-order valence-electron chi connectivity index (χ1n) is 5.99. The van der Waals surface area contributed by atoms with Crippen LogP contribution in [0.4, 0.5) is 0 Å². The van der Waals surface area contributed by atoms with E-state index in [0.29, 0.717) is 12.1 Å². The van der Waals surface area contributed by atoms with Crippen LogP contribution in [-0.2, 0) is 0 Å². The van der Waals surface area contributed by atoms with E-state index >= 15 is 0 Å². The number of hydrogen-bond acceptors (Lipinski definition) is 3. The number of nitrogens with zero attached hydrogens (tertiary/aromatic N) is 1. The lowest BCUT2D eigenvalue weighted by Crippen LogP contribution is -2.49. The summed E-state index contributed by atoms with van der Waals surface area (Å²) in [6, 6.07) is 0.960. The molecule has 0 saturated carbocycles. The van der Waals surface area contributed by atoms with Crippen LogP contribution in [0, 0.1) is 0 Å². The van der Waals surface area contributed by atoms with Gasteiger partial charge in [-0.2, -0.15) is 0 Å². The van der Waals surface area contributed by atoms with E-state index < -0.39 is 5.54 Å². The second-order valence-corrected chi connectivity index (χ2v) is 5.20. The lowest BCUT2D eigenvalue weighted by Gasteiger charge is -2.36. The lowest BCUT2D eigenvalue weighted by molar-refractivity contribution is 0.114. The molecule has 2 unspecified atom stereocenters. The van der Waals surface area contributed by atoms with Crippen LogP contribution in [0.15, 0.2) is 0 Å². The number of hydrogen-bond donors (Lipinski definition) is 2. The number of rotatable bonds is 7. The van der Waals surface area contributed by atoms with Crippen LogP contribution in [0.2, 0.25) is 0 Å². The third-order valence-corrected chi connectivity index (χ3v) is 2.83. The third kappa shape index (κ3) is 5.50. The Morgan fingerprint density at radius 1 is 1.33 bits per heavy atom. The maximum absolute atomic E-state index is 9.15. The summed E-state index contributed by atoms with van der Waals surface area (Å²) in [5.74, 6) is 0. The van der Waals surface area contributed by atoms with Gasteiger partial charge in [-0.3, -0.25) is 4.90 Å². The van der Waals surface area contributed by atoms with Crippen LogP contribution in [0.3, 0.4) is 0 Å². The molecule has 0 heterocycles. The second-order valence-electron chi connectivity index (χ2n) is 5.20. The fourth-order valence-electron chi connectivity index (χ4n) is 2.10. The predicted octanol–water partition coefficient (Wildman–Crippen LogP) is 1.60. The monoisotopic (exact) mass is 216 g/mol. The summed E-state index contributed by atoms with van der Waals surface area (Å²) >= 11 is 0. The van der Waals surface area contributed by atoms with Crippen LogP contribution < -0.4 is 5.73 Å². The Kier molecular flexibility index (Phi) is 6.41. The zero-order valence-electron chi connectivity index (χ0n) is 11.0. The Morgan fingerprint density at radius 3 is 2.20 bits per heavy atom. The number of aliphatic hydroxyl groups excluding tert-OH is 1. The van der Waals surface area contributed by atoms with E-state index in [0.717, 1.165) is 19.4 Å². The molecule has 2 atom stereocenters. The first-order chi connectivity index (χ1) is 6.84. The van der Waals surface area contributed by atoms with Gasteiger partial charge < -0.3 is 10.8 Å². The van der Waals surface area contributed by atoms with Gasteiger partial charge in [0.1, 0.15) is 0 Å². The Labute approximate surface area is 94.6 Å². The fraction of sp³-hybridized carbons (Fsp3) is 1.00. The molecule has 0 aliphatic rings. The molecular formula is C12H28N2O. The van der Waals surface area contributed by atoms with Crippen molar-refractivity contribution < 1.29 is 5.11 Å². The van der Waals surface area contributed by atoms with Gasteiger partial charge in [0.05, 0.1) is 6.61 Å². The van der Waals surface area contributed by atoms with Crippen LogP contribution >= 0.6 is 0 Å². The summed E-state index contributed by atoms with van der Waals surface area (Å²) in [5.41, 5.74) is 5.52. The fourth-order valence-corrected chi connectivity index (χ4v) is 2.10. The standard InChI is InChI=1S/C12H28N2O/c1-6-7-14(10(2)3)11(4)8-12(5,13)9-15/h10-11,15H,6-9,13H2,1-5H3. The highest BCUT2D eigenvalue weighted by molar-refractivity contribution is 4.84. The summed E-state index contributed by atoms with van der Waals surface area (Å²) in [4.78, 5) is 2.45. The molecule has 0 fully saturated rings. The summed E-state index contributed by atoms with van der Waals surface area (Å²) in [5, 5.41) is 9.15. The summed E-state index contributed by atoms with van der Waals surface area (Å²) in [6.07, 6.45) is 1.99. The summed E-state index contributed by atoms with van der Waals surface area (Å²) < 4.78 is 0. The molecule has 0 aromatic rings. The molecule has 92 valence electrons. The highest BCUT2D eigenvalue weighted by Gasteiger charge is 2.25. The van der Waals surface area contributed by atoms with Crippen LogP contribution in [-0.4, -0.2) is 40.8 Å². The molecule has 0 aromatic heterocycles. The van der Waals surface area contributed by atoms with Gasteiger partial charge in [-0.1, -0.05) is 6.92 Å². The Morgan fingerprint density at radius 2 is 1.87 bits per heavy atom. The van der Waals surface area contributed by atoms with E-state index in [1.807, 2.05) is 6.92 Å². The molecule has 15 heavy (non-hydrogen) atoms. The highest BCUT2D eigenvalue weighted by atomic mass is 16.3. The van der Waals surface area contributed by atoms with Gasteiger partial charge in [-0.25, -0.2) is 0 Å². The minimum absolute atomic E-state index is 0.0510. The van der Waals surface area contributed by atoms with E-state index in [-0.39, 0.29) is 6.61 Å². The highest BCUT2D eigenvalue weighted by Crippen LogP contribution is 2.16. The van der Waals surface area contributed by atoms with E-state index in [1.165, 1.54) is 0 Å². The zero-order valence-corrected chi connectivity index (χ0v) is 11.0. The van der Waals surface area contributed by atoms with Crippen molar-refractivity contribution in [2.45, 2.75) is 65.1 Å². The van der Waals surface area contributed by atoms with Crippen molar-refractivity contribution in [1.29, 1.82) is 0 Å². The minimum atomic E-state index is -0.458. The van der Waals surface area contributed by atoms with Gasteiger partial charge in [-0.05, 0) is 47.1 Å². The average molecular weight is 216 g/mol. The van der Waals surface area contributed by atoms with Gasteiger partial charge in [0.2, 0.25) is 0 Å². The smallest absolute Gasteiger partial charge is 0.0609 e. The molecule has 3 nitrogen and oxygen atoms in total. The second kappa shape index (κ2) is 6.46. The van der Waals surface area contributed by atoms with Crippen molar-refractivity contribution in [3.63, 3.8) is 0 Å². The molecule has 0 rings (SSSR count). The number of aliphatic hydroxyl groups is 1. The van der Waals surface area contributed by atoms with Crippen LogP contribution in [0.25, 0.3) is 0 Å². The third-order valence-electron chi connectivity index (χ3n) is 2.83. The maximum Gasteiger partial charge on any atom is 0.0609 e. The quantitative estimate of drug-likeness (QED) is 0.679. The molecule has 3 N–H and O–H groups in total. The van der Waals surface area contributed by atoms with E-state index in [2.05, 4.69) is 32.6 Å². The molecule has 3 heteroatoms. The average Bonchev–Trinajstić information content (AvgIpc) is 2.12. The zero-order chi connectivity index (χ0) is 12.1. The molecular weight excluding hydrogens is 188 g/mol. The maximum atomic E-state index is 9.15. The Bertz CT molecular complexity index is 169. The van der Waals surface area contributed by atoms with Crippen molar-refractivity contribution in [2.24, 2.45) is 5.73 Å². The molecule has 0 saturated heterocycles. The van der Waals surface area contributed by atoms with Gasteiger partial charge in [0, 0.05) is 17.6 Å².